The lowest BCUT2D eigenvalue weighted by Crippen LogP contribution is -2.33. The minimum atomic E-state index is -0.0409. The van der Waals surface area contributed by atoms with Gasteiger partial charge in [-0.25, -0.2) is 0 Å². The maximum absolute atomic E-state index is 5.57. The Morgan fingerprint density at radius 1 is 0.889 bits per heavy atom. The summed E-state index contributed by atoms with van der Waals surface area (Å²) in [6, 6.07) is 24.4. The molecule has 0 aliphatic carbocycles. The van der Waals surface area contributed by atoms with Crippen molar-refractivity contribution in [3.63, 3.8) is 0 Å². The van der Waals surface area contributed by atoms with Gasteiger partial charge in [0.15, 0.2) is 16.6 Å². The minimum absolute atomic E-state index is 0.0409. The van der Waals surface area contributed by atoms with Crippen molar-refractivity contribution in [1.82, 2.24) is 5.32 Å². The number of anilines is 1. The molecule has 27 heavy (non-hydrogen) atoms. The summed E-state index contributed by atoms with van der Waals surface area (Å²) in [5.41, 5.74) is 4.39. The van der Waals surface area contributed by atoms with Crippen molar-refractivity contribution in [3.8, 4) is 11.5 Å². The standard InChI is InChI=1S/C22H20N2O2S/c1-15-7-9-17(10-8-15)21(16-5-3-2-4-6-16)24-22(27)23-18-11-12-19-20(13-18)26-14-25-19/h2-13,21H,14H2,1H3,(H2,23,24,27)/t21-/m0/s1. The molecule has 5 heteroatoms. The smallest absolute Gasteiger partial charge is 0.231 e. The van der Waals surface area contributed by atoms with E-state index in [9.17, 15) is 0 Å². The van der Waals surface area contributed by atoms with Gasteiger partial charge in [-0.05, 0) is 42.4 Å². The van der Waals surface area contributed by atoms with Crippen LogP contribution in [0.2, 0.25) is 0 Å². The van der Waals surface area contributed by atoms with Gasteiger partial charge in [0.25, 0.3) is 0 Å². The molecule has 0 saturated heterocycles. The summed E-state index contributed by atoms with van der Waals surface area (Å²) in [5.74, 6) is 1.47. The molecule has 0 amide bonds. The van der Waals surface area contributed by atoms with E-state index in [1.807, 2.05) is 36.4 Å². The number of thiocarbonyl (C=S) groups is 1. The normalized spacial score (nSPS) is 13.1. The van der Waals surface area contributed by atoms with Crippen LogP contribution in [0.1, 0.15) is 22.7 Å². The van der Waals surface area contributed by atoms with Crippen LogP contribution in [0.3, 0.4) is 0 Å². The van der Waals surface area contributed by atoms with Crippen LogP contribution >= 0.6 is 12.2 Å². The Kier molecular flexibility index (Phi) is 4.94. The van der Waals surface area contributed by atoms with Gasteiger partial charge in [-0.2, -0.15) is 0 Å². The number of benzene rings is 3. The van der Waals surface area contributed by atoms with Crippen LogP contribution in [0.15, 0.2) is 72.8 Å². The van der Waals surface area contributed by atoms with E-state index in [4.69, 9.17) is 21.7 Å². The Balaban J connectivity index is 1.54. The molecule has 0 saturated carbocycles. The molecule has 0 fully saturated rings. The first-order valence-electron chi connectivity index (χ1n) is 8.78. The highest BCUT2D eigenvalue weighted by Gasteiger charge is 2.17. The van der Waals surface area contributed by atoms with E-state index in [1.165, 1.54) is 5.56 Å². The van der Waals surface area contributed by atoms with Gasteiger partial charge >= 0.3 is 0 Å². The Bertz CT molecular complexity index is 942. The van der Waals surface area contributed by atoms with Crippen LogP contribution in [-0.2, 0) is 0 Å². The third-order valence-corrected chi connectivity index (χ3v) is 4.67. The Hall–Kier alpha value is -3.05. The summed E-state index contributed by atoms with van der Waals surface area (Å²) in [6.07, 6.45) is 0. The molecule has 0 radical (unpaired) electrons. The summed E-state index contributed by atoms with van der Waals surface area (Å²) >= 11 is 5.57. The first kappa shape index (κ1) is 17.4. The average molecular weight is 376 g/mol. The monoisotopic (exact) mass is 376 g/mol. The van der Waals surface area contributed by atoms with Gasteiger partial charge in [0.2, 0.25) is 6.79 Å². The van der Waals surface area contributed by atoms with Crippen molar-refractivity contribution in [2.45, 2.75) is 13.0 Å². The first-order valence-corrected chi connectivity index (χ1v) is 9.18. The highest BCUT2D eigenvalue weighted by molar-refractivity contribution is 7.80. The van der Waals surface area contributed by atoms with E-state index < -0.39 is 0 Å². The van der Waals surface area contributed by atoms with Gasteiger partial charge in [0.05, 0.1) is 6.04 Å². The summed E-state index contributed by atoms with van der Waals surface area (Å²) in [5, 5.41) is 7.22. The molecule has 0 bridgehead atoms. The zero-order valence-electron chi connectivity index (χ0n) is 14.9. The molecule has 1 aliphatic rings. The van der Waals surface area contributed by atoms with Crippen LogP contribution in [0.4, 0.5) is 5.69 Å². The number of ether oxygens (including phenoxy) is 2. The van der Waals surface area contributed by atoms with E-state index in [-0.39, 0.29) is 12.8 Å². The molecule has 0 aromatic heterocycles. The van der Waals surface area contributed by atoms with E-state index in [2.05, 4.69) is 54.0 Å². The van der Waals surface area contributed by atoms with Crippen molar-refractivity contribution in [3.05, 3.63) is 89.5 Å². The summed E-state index contributed by atoms with van der Waals surface area (Å²) in [6.45, 7) is 2.34. The number of hydrogen-bond donors (Lipinski definition) is 2. The lowest BCUT2D eigenvalue weighted by molar-refractivity contribution is 0.174. The molecule has 136 valence electrons. The maximum atomic E-state index is 5.57. The predicted molar refractivity (Wildman–Crippen MR) is 111 cm³/mol. The Morgan fingerprint density at radius 3 is 2.37 bits per heavy atom. The van der Waals surface area contributed by atoms with Gasteiger partial charge in [0.1, 0.15) is 0 Å². The highest BCUT2D eigenvalue weighted by Crippen LogP contribution is 2.34. The minimum Gasteiger partial charge on any atom is -0.454 e. The zero-order chi connectivity index (χ0) is 18.6. The number of fused-ring (bicyclic) bond motifs is 1. The van der Waals surface area contributed by atoms with Gasteiger partial charge in [-0.3, -0.25) is 0 Å². The molecule has 0 unspecified atom stereocenters. The van der Waals surface area contributed by atoms with Crippen molar-refractivity contribution >= 4 is 23.0 Å². The molecule has 1 heterocycles. The maximum Gasteiger partial charge on any atom is 0.231 e. The van der Waals surface area contributed by atoms with Crippen LogP contribution in [-0.4, -0.2) is 11.9 Å². The molecular weight excluding hydrogens is 356 g/mol. The van der Waals surface area contributed by atoms with E-state index in [0.29, 0.717) is 5.11 Å². The van der Waals surface area contributed by atoms with E-state index >= 15 is 0 Å². The number of nitrogens with one attached hydrogen (secondary N) is 2. The van der Waals surface area contributed by atoms with Crippen LogP contribution in [0, 0.1) is 6.92 Å². The molecule has 1 atom stereocenters. The fraction of sp³-hybridized carbons (Fsp3) is 0.136. The lowest BCUT2D eigenvalue weighted by atomic mass is 9.98. The van der Waals surface area contributed by atoms with Crippen molar-refractivity contribution in [2.75, 3.05) is 12.1 Å². The van der Waals surface area contributed by atoms with Crippen LogP contribution in [0.5, 0.6) is 11.5 Å². The van der Waals surface area contributed by atoms with Gasteiger partial charge in [-0.15, -0.1) is 0 Å². The van der Waals surface area contributed by atoms with Crippen molar-refractivity contribution < 1.29 is 9.47 Å². The van der Waals surface area contributed by atoms with Gasteiger partial charge < -0.3 is 20.1 Å². The SMILES string of the molecule is Cc1ccc([C@@H](NC(=S)Nc2ccc3c(c2)OCO3)c2ccccc2)cc1. The number of aryl methyl sites for hydroxylation is 1. The molecular formula is C22H20N2O2S. The number of rotatable bonds is 4. The topological polar surface area (TPSA) is 42.5 Å². The van der Waals surface area contributed by atoms with Crippen LogP contribution < -0.4 is 20.1 Å². The van der Waals surface area contributed by atoms with Crippen LogP contribution in [0.25, 0.3) is 0 Å². The van der Waals surface area contributed by atoms with Crippen molar-refractivity contribution in [1.29, 1.82) is 0 Å². The largest absolute Gasteiger partial charge is 0.454 e. The highest BCUT2D eigenvalue weighted by atomic mass is 32.1. The Labute approximate surface area is 164 Å². The average Bonchev–Trinajstić information content (AvgIpc) is 3.15. The third-order valence-electron chi connectivity index (χ3n) is 4.45. The molecule has 3 aromatic rings. The summed E-state index contributed by atoms with van der Waals surface area (Å²) in [4.78, 5) is 0. The fourth-order valence-corrected chi connectivity index (χ4v) is 3.27. The molecule has 0 spiro atoms. The second-order valence-corrected chi connectivity index (χ2v) is 6.83. The van der Waals surface area contributed by atoms with E-state index in [1.54, 1.807) is 0 Å². The molecule has 4 rings (SSSR count). The van der Waals surface area contributed by atoms with E-state index in [0.717, 1.165) is 28.3 Å². The molecule has 2 N–H and O–H groups in total. The Morgan fingerprint density at radius 2 is 1.59 bits per heavy atom. The van der Waals surface area contributed by atoms with Gasteiger partial charge in [0, 0.05) is 11.8 Å². The first-order chi connectivity index (χ1) is 13.2. The zero-order valence-corrected chi connectivity index (χ0v) is 15.8. The number of hydrogen-bond acceptors (Lipinski definition) is 3. The third kappa shape index (κ3) is 4.04. The quantitative estimate of drug-likeness (QED) is 0.640. The second-order valence-electron chi connectivity index (χ2n) is 6.42. The van der Waals surface area contributed by atoms with Crippen molar-refractivity contribution in [2.24, 2.45) is 0 Å². The summed E-state index contributed by atoms with van der Waals surface area (Å²) in [7, 11) is 0. The fourth-order valence-electron chi connectivity index (χ4n) is 3.04. The second kappa shape index (κ2) is 7.68. The molecule has 3 aromatic carbocycles. The van der Waals surface area contributed by atoms with Gasteiger partial charge in [-0.1, -0.05) is 60.2 Å². The summed E-state index contributed by atoms with van der Waals surface area (Å²) < 4.78 is 10.8. The lowest BCUT2D eigenvalue weighted by Gasteiger charge is -2.22. The molecule has 1 aliphatic heterocycles. The predicted octanol–water partition coefficient (Wildman–Crippen LogP) is 4.80. The molecule has 4 nitrogen and oxygen atoms in total.